The minimum absolute atomic E-state index is 0.0950. The quantitative estimate of drug-likeness (QED) is 0.914. The van der Waals surface area contributed by atoms with Crippen molar-refractivity contribution in [2.75, 3.05) is 13.2 Å². The van der Waals surface area contributed by atoms with Crippen molar-refractivity contribution in [2.45, 2.75) is 13.5 Å². The first-order valence-corrected chi connectivity index (χ1v) is 7.15. The zero-order valence-electron chi connectivity index (χ0n) is 11.0. The Morgan fingerprint density at radius 2 is 2.35 bits per heavy atom. The van der Waals surface area contributed by atoms with Crippen LogP contribution in [-0.4, -0.2) is 28.6 Å². The summed E-state index contributed by atoms with van der Waals surface area (Å²) in [6.07, 6.45) is 3.69. The number of nitrogens with one attached hydrogen (secondary N) is 1. The predicted molar refractivity (Wildman–Crippen MR) is 78.0 cm³/mol. The van der Waals surface area contributed by atoms with E-state index in [4.69, 9.17) is 4.74 Å². The number of ether oxygens (including phenoxy) is 1. The standard InChI is InChI=1S/C14H14BrN3O2/c1-9-16-2-4-18(9)8-10-6-11-13(12(15)7-10)20-5-3-17-14(11)19/h2,4,6-7H,3,5,8H2,1H3,(H,17,19). The molecule has 0 aliphatic carbocycles. The van der Waals surface area contributed by atoms with E-state index in [1.807, 2.05) is 29.8 Å². The molecule has 2 heterocycles. The van der Waals surface area contributed by atoms with Gasteiger partial charge in [0.2, 0.25) is 0 Å². The molecule has 1 N–H and O–H groups in total. The molecule has 1 aromatic carbocycles. The Kier molecular flexibility index (Phi) is 3.48. The van der Waals surface area contributed by atoms with E-state index in [0.29, 0.717) is 31.0 Å². The normalized spacial score (nSPS) is 14.2. The molecule has 0 saturated heterocycles. The molecule has 0 spiro atoms. The molecule has 5 nitrogen and oxygen atoms in total. The first-order valence-electron chi connectivity index (χ1n) is 6.36. The van der Waals surface area contributed by atoms with Crippen molar-refractivity contribution in [1.82, 2.24) is 14.9 Å². The summed E-state index contributed by atoms with van der Waals surface area (Å²) < 4.78 is 8.45. The topological polar surface area (TPSA) is 56.2 Å². The number of halogens is 1. The average Bonchev–Trinajstić information content (AvgIpc) is 2.71. The van der Waals surface area contributed by atoms with Crippen molar-refractivity contribution in [1.29, 1.82) is 0 Å². The smallest absolute Gasteiger partial charge is 0.255 e. The minimum atomic E-state index is -0.0950. The molecule has 0 radical (unpaired) electrons. The fraction of sp³-hybridized carbons (Fsp3) is 0.286. The summed E-state index contributed by atoms with van der Waals surface area (Å²) in [5, 5.41) is 2.82. The minimum Gasteiger partial charge on any atom is -0.490 e. The van der Waals surface area contributed by atoms with Crippen LogP contribution in [0.1, 0.15) is 21.7 Å². The number of nitrogens with zero attached hydrogens (tertiary/aromatic N) is 2. The Balaban J connectivity index is 2.00. The Bertz CT molecular complexity index is 666. The van der Waals surface area contributed by atoms with E-state index in [-0.39, 0.29) is 5.91 Å². The number of benzene rings is 1. The highest BCUT2D eigenvalue weighted by atomic mass is 79.9. The summed E-state index contributed by atoms with van der Waals surface area (Å²) in [6.45, 7) is 3.63. The van der Waals surface area contributed by atoms with Gasteiger partial charge in [0.25, 0.3) is 5.91 Å². The Labute approximate surface area is 125 Å². The molecule has 0 bridgehead atoms. The number of aromatic nitrogens is 2. The van der Waals surface area contributed by atoms with Gasteiger partial charge >= 0.3 is 0 Å². The number of imidazole rings is 1. The second-order valence-electron chi connectivity index (χ2n) is 4.66. The van der Waals surface area contributed by atoms with E-state index in [1.54, 1.807) is 6.20 Å². The number of rotatable bonds is 2. The number of hydrogen-bond donors (Lipinski definition) is 1. The first-order chi connectivity index (χ1) is 9.65. The van der Waals surface area contributed by atoms with E-state index in [1.165, 1.54) is 0 Å². The number of aryl methyl sites for hydroxylation is 1. The summed E-state index contributed by atoms with van der Waals surface area (Å²) in [5.74, 6) is 1.46. The van der Waals surface area contributed by atoms with E-state index in [9.17, 15) is 4.79 Å². The summed E-state index contributed by atoms with van der Waals surface area (Å²) in [5.41, 5.74) is 1.60. The van der Waals surface area contributed by atoms with Crippen molar-refractivity contribution in [3.8, 4) is 5.75 Å². The largest absolute Gasteiger partial charge is 0.490 e. The fourth-order valence-electron chi connectivity index (χ4n) is 2.24. The van der Waals surface area contributed by atoms with Crippen LogP contribution in [0.2, 0.25) is 0 Å². The van der Waals surface area contributed by atoms with Gasteiger partial charge in [-0.2, -0.15) is 0 Å². The third-order valence-corrected chi connectivity index (χ3v) is 3.85. The van der Waals surface area contributed by atoms with Crippen LogP contribution in [0, 0.1) is 6.92 Å². The van der Waals surface area contributed by atoms with E-state index >= 15 is 0 Å². The molecule has 104 valence electrons. The molecule has 0 atom stereocenters. The maximum atomic E-state index is 12.0. The Morgan fingerprint density at radius 3 is 3.10 bits per heavy atom. The lowest BCUT2D eigenvalue weighted by atomic mass is 10.1. The molecule has 3 rings (SSSR count). The van der Waals surface area contributed by atoms with Gasteiger partial charge < -0.3 is 14.6 Å². The summed E-state index contributed by atoms with van der Waals surface area (Å²) in [4.78, 5) is 16.2. The van der Waals surface area contributed by atoms with Gasteiger partial charge in [-0.05, 0) is 40.5 Å². The maximum absolute atomic E-state index is 12.0. The van der Waals surface area contributed by atoms with Crippen LogP contribution in [0.15, 0.2) is 29.0 Å². The van der Waals surface area contributed by atoms with Crippen LogP contribution in [0.5, 0.6) is 5.75 Å². The van der Waals surface area contributed by atoms with Crippen molar-refractivity contribution in [2.24, 2.45) is 0 Å². The predicted octanol–water partition coefficient (Wildman–Crippen LogP) is 2.12. The van der Waals surface area contributed by atoms with Gasteiger partial charge in [-0.3, -0.25) is 4.79 Å². The highest BCUT2D eigenvalue weighted by molar-refractivity contribution is 9.10. The Morgan fingerprint density at radius 1 is 1.50 bits per heavy atom. The number of amides is 1. The van der Waals surface area contributed by atoms with Gasteiger partial charge in [-0.25, -0.2) is 4.98 Å². The maximum Gasteiger partial charge on any atom is 0.255 e. The van der Waals surface area contributed by atoms with Crippen LogP contribution in [-0.2, 0) is 6.54 Å². The lowest BCUT2D eigenvalue weighted by Crippen LogP contribution is -2.24. The lowest BCUT2D eigenvalue weighted by molar-refractivity contribution is 0.0957. The van der Waals surface area contributed by atoms with Crippen molar-refractivity contribution >= 4 is 21.8 Å². The van der Waals surface area contributed by atoms with Crippen LogP contribution in [0.4, 0.5) is 0 Å². The molecule has 0 unspecified atom stereocenters. The molecule has 1 aromatic heterocycles. The number of carbonyl (C=O) groups excluding carboxylic acids is 1. The fourth-order valence-corrected chi connectivity index (χ4v) is 2.86. The first kappa shape index (κ1) is 13.2. The van der Waals surface area contributed by atoms with Crippen LogP contribution in [0.3, 0.4) is 0 Å². The van der Waals surface area contributed by atoms with Gasteiger partial charge in [-0.1, -0.05) is 0 Å². The average molecular weight is 336 g/mol. The molecule has 1 amide bonds. The molecule has 0 saturated carbocycles. The molecule has 6 heteroatoms. The SMILES string of the molecule is Cc1nccn1Cc1cc(Br)c2c(c1)C(=O)NCCO2. The van der Waals surface area contributed by atoms with Crippen LogP contribution >= 0.6 is 15.9 Å². The lowest BCUT2D eigenvalue weighted by Gasteiger charge is -2.12. The van der Waals surface area contributed by atoms with Gasteiger partial charge in [0, 0.05) is 18.9 Å². The van der Waals surface area contributed by atoms with Crippen molar-refractivity contribution in [3.05, 3.63) is 46.0 Å². The highest BCUT2D eigenvalue weighted by Gasteiger charge is 2.20. The highest BCUT2D eigenvalue weighted by Crippen LogP contribution is 2.32. The van der Waals surface area contributed by atoms with Crippen LogP contribution < -0.4 is 10.1 Å². The number of carbonyl (C=O) groups is 1. The second kappa shape index (κ2) is 5.28. The van der Waals surface area contributed by atoms with Crippen molar-refractivity contribution < 1.29 is 9.53 Å². The van der Waals surface area contributed by atoms with E-state index in [0.717, 1.165) is 15.9 Å². The number of fused-ring (bicyclic) bond motifs is 1. The summed E-state index contributed by atoms with van der Waals surface area (Å²) in [6, 6.07) is 3.86. The molecule has 2 aromatic rings. The number of hydrogen-bond acceptors (Lipinski definition) is 3. The third kappa shape index (κ3) is 2.43. The molecular weight excluding hydrogens is 322 g/mol. The van der Waals surface area contributed by atoms with E-state index in [2.05, 4.69) is 26.2 Å². The third-order valence-electron chi connectivity index (χ3n) is 3.26. The van der Waals surface area contributed by atoms with Gasteiger partial charge in [0.1, 0.15) is 18.2 Å². The van der Waals surface area contributed by atoms with Crippen molar-refractivity contribution in [3.63, 3.8) is 0 Å². The summed E-state index contributed by atoms with van der Waals surface area (Å²) >= 11 is 3.49. The second-order valence-corrected chi connectivity index (χ2v) is 5.52. The molecule has 0 fully saturated rings. The zero-order chi connectivity index (χ0) is 14.1. The van der Waals surface area contributed by atoms with Gasteiger partial charge in [0.15, 0.2) is 0 Å². The molecule has 1 aliphatic heterocycles. The van der Waals surface area contributed by atoms with Gasteiger partial charge in [-0.15, -0.1) is 0 Å². The zero-order valence-corrected chi connectivity index (χ0v) is 12.6. The molecular formula is C14H14BrN3O2. The van der Waals surface area contributed by atoms with Gasteiger partial charge in [0.05, 0.1) is 16.6 Å². The molecule has 1 aliphatic rings. The van der Waals surface area contributed by atoms with Crippen LogP contribution in [0.25, 0.3) is 0 Å². The van der Waals surface area contributed by atoms with E-state index < -0.39 is 0 Å². The molecule has 20 heavy (non-hydrogen) atoms. The summed E-state index contributed by atoms with van der Waals surface area (Å²) in [7, 11) is 0. The monoisotopic (exact) mass is 335 g/mol. The Hall–Kier alpha value is -1.82.